The van der Waals surface area contributed by atoms with Gasteiger partial charge in [-0.1, -0.05) is 0 Å². The van der Waals surface area contributed by atoms with Gasteiger partial charge in [0.2, 0.25) is 0 Å². The number of hydrogen-bond acceptors (Lipinski definition) is 5. The summed E-state index contributed by atoms with van der Waals surface area (Å²) in [5.74, 6) is -0.657. The first-order chi connectivity index (χ1) is 11.0. The Hall–Kier alpha value is -2.50. The zero-order valence-electron chi connectivity index (χ0n) is 13.4. The number of ether oxygens (including phenoxy) is 2. The molecule has 0 bridgehead atoms. The SMILES string of the molecule is COC(=O)c1ccoc1COC(=O)c1cc(C)n(C2CC2)c1C. The molecule has 1 fully saturated rings. The second-order valence-corrected chi connectivity index (χ2v) is 5.71. The minimum Gasteiger partial charge on any atom is -0.465 e. The van der Waals surface area contributed by atoms with Gasteiger partial charge in [0.05, 0.1) is 18.9 Å². The molecule has 1 aliphatic carbocycles. The molecule has 3 rings (SSSR count). The van der Waals surface area contributed by atoms with E-state index in [0.717, 1.165) is 24.2 Å². The molecule has 0 N–H and O–H groups in total. The van der Waals surface area contributed by atoms with E-state index >= 15 is 0 Å². The van der Waals surface area contributed by atoms with Crippen LogP contribution in [0.4, 0.5) is 0 Å². The van der Waals surface area contributed by atoms with Crippen LogP contribution in [0.5, 0.6) is 0 Å². The Balaban J connectivity index is 1.72. The van der Waals surface area contributed by atoms with E-state index in [0.29, 0.717) is 11.6 Å². The summed E-state index contributed by atoms with van der Waals surface area (Å²) in [6, 6.07) is 3.85. The second-order valence-electron chi connectivity index (χ2n) is 5.71. The molecule has 0 atom stereocenters. The average Bonchev–Trinajstić information content (AvgIpc) is 3.17. The first-order valence-electron chi connectivity index (χ1n) is 7.53. The van der Waals surface area contributed by atoms with Gasteiger partial charge < -0.3 is 18.5 Å². The van der Waals surface area contributed by atoms with E-state index in [9.17, 15) is 9.59 Å². The van der Waals surface area contributed by atoms with E-state index < -0.39 is 11.9 Å². The summed E-state index contributed by atoms with van der Waals surface area (Å²) in [4.78, 5) is 23.9. The highest BCUT2D eigenvalue weighted by Crippen LogP contribution is 2.38. The van der Waals surface area contributed by atoms with E-state index in [1.165, 1.54) is 19.4 Å². The summed E-state index contributed by atoms with van der Waals surface area (Å²) in [6.45, 7) is 3.81. The maximum absolute atomic E-state index is 12.3. The van der Waals surface area contributed by atoms with Crippen molar-refractivity contribution in [2.24, 2.45) is 0 Å². The van der Waals surface area contributed by atoms with Gasteiger partial charge in [0.25, 0.3) is 0 Å². The molecular formula is C17H19NO5. The summed E-state index contributed by atoms with van der Waals surface area (Å²) in [5.41, 5.74) is 2.80. The van der Waals surface area contributed by atoms with Gasteiger partial charge in [-0.05, 0) is 38.8 Å². The van der Waals surface area contributed by atoms with Crippen molar-refractivity contribution in [2.45, 2.75) is 39.3 Å². The fourth-order valence-corrected chi connectivity index (χ4v) is 2.83. The van der Waals surface area contributed by atoms with Crippen LogP contribution in [0.2, 0.25) is 0 Å². The summed E-state index contributed by atoms with van der Waals surface area (Å²) >= 11 is 0. The molecule has 122 valence electrons. The van der Waals surface area contributed by atoms with Gasteiger partial charge in [0.15, 0.2) is 12.4 Å². The molecule has 6 heteroatoms. The third kappa shape index (κ3) is 2.88. The number of methoxy groups -OCH3 is 1. The average molecular weight is 317 g/mol. The first-order valence-corrected chi connectivity index (χ1v) is 7.53. The van der Waals surface area contributed by atoms with Crippen molar-refractivity contribution in [3.63, 3.8) is 0 Å². The molecule has 0 saturated heterocycles. The van der Waals surface area contributed by atoms with Gasteiger partial charge in [-0.25, -0.2) is 9.59 Å². The second kappa shape index (κ2) is 5.95. The van der Waals surface area contributed by atoms with E-state index in [1.54, 1.807) is 0 Å². The van der Waals surface area contributed by atoms with E-state index in [-0.39, 0.29) is 17.9 Å². The van der Waals surface area contributed by atoms with Gasteiger partial charge >= 0.3 is 11.9 Å². The van der Waals surface area contributed by atoms with Gasteiger partial charge in [-0.3, -0.25) is 0 Å². The van der Waals surface area contributed by atoms with Gasteiger partial charge in [-0.15, -0.1) is 0 Å². The summed E-state index contributed by atoms with van der Waals surface area (Å²) in [5, 5.41) is 0. The van der Waals surface area contributed by atoms with Crippen LogP contribution in [-0.4, -0.2) is 23.6 Å². The van der Waals surface area contributed by atoms with E-state index in [1.807, 2.05) is 19.9 Å². The smallest absolute Gasteiger partial charge is 0.341 e. The standard InChI is InChI=1S/C17H19NO5/c1-10-8-14(11(2)18(10)12-4-5-12)17(20)23-9-15-13(6-7-22-15)16(19)21-3/h6-8,12H,4-5,9H2,1-3H3. The first kappa shape index (κ1) is 15.4. The predicted octanol–water partition coefficient (Wildman–Crippen LogP) is 3.18. The normalized spacial score (nSPS) is 13.9. The van der Waals surface area contributed by atoms with Crippen LogP contribution in [0.15, 0.2) is 22.8 Å². The highest BCUT2D eigenvalue weighted by atomic mass is 16.5. The number of hydrogen-bond donors (Lipinski definition) is 0. The highest BCUT2D eigenvalue weighted by Gasteiger charge is 2.29. The number of carbonyl (C=O) groups excluding carboxylic acids is 2. The molecule has 1 saturated carbocycles. The summed E-state index contributed by atoms with van der Waals surface area (Å²) < 4.78 is 17.3. The lowest BCUT2D eigenvalue weighted by molar-refractivity contribution is 0.0431. The molecule has 0 radical (unpaired) electrons. The van der Waals surface area contributed by atoms with Gasteiger partial charge in [-0.2, -0.15) is 0 Å². The maximum Gasteiger partial charge on any atom is 0.341 e. The molecule has 2 aromatic heterocycles. The minimum absolute atomic E-state index is 0.108. The molecule has 0 aliphatic heterocycles. The largest absolute Gasteiger partial charge is 0.465 e. The Morgan fingerprint density at radius 1 is 1.26 bits per heavy atom. The number of furan rings is 1. The molecule has 0 amide bonds. The molecule has 2 heterocycles. The van der Waals surface area contributed by atoms with Crippen molar-refractivity contribution < 1.29 is 23.5 Å². The zero-order valence-corrected chi connectivity index (χ0v) is 13.4. The number of carbonyl (C=O) groups is 2. The molecular weight excluding hydrogens is 298 g/mol. The van der Waals surface area contributed by atoms with Crippen molar-refractivity contribution in [1.82, 2.24) is 4.57 Å². The molecule has 0 spiro atoms. The third-order valence-corrected chi connectivity index (χ3v) is 4.10. The van der Waals surface area contributed by atoms with Crippen LogP contribution in [0.25, 0.3) is 0 Å². The topological polar surface area (TPSA) is 70.7 Å². The Labute approximate surface area is 134 Å². The molecule has 1 aliphatic rings. The van der Waals surface area contributed by atoms with Crippen molar-refractivity contribution in [2.75, 3.05) is 7.11 Å². The molecule has 6 nitrogen and oxygen atoms in total. The quantitative estimate of drug-likeness (QED) is 0.792. The fraction of sp³-hybridized carbons (Fsp3) is 0.412. The molecule has 0 aromatic carbocycles. The summed E-state index contributed by atoms with van der Waals surface area (Å²) in [6.07, 6.45) is 3.67. The van der Waals surface area contributed by atoms with Crippen LogP contribution < -0.4 is 0 Å². The summed E-state index contributed by atoms with van der Waals surface area (Å²) in [7, 11) is 1.29. The Morgan fingerprint density at radius 2 is 2.00 bits per heavy atom. The van der Waals surface area contributed by atoms with Crippen LogP contribution in [0.1, 0.15) is 56.7 Å². The number of aryl methyl sites for hydroxylation is 1. The lowest BCUT2D eigenvalue weighted by Gasteiger charge is -2.08. The Kier molecular flexibility index (Phi) is 3.98. The van der Waals surface area contributed by atoms with Crippen molar-refractivity contribution in [3.05, 3.63) is 46.7 Å². The predicted molar refractivity (Wildman–Crippen MR) is 81.3 cm³/mol. The lowest BCUT2D eigenvalue weighted by atomic mass is 10.2. The number of esters is 2. The van der Waals surface area contributed by atoms with Crippen molar-refractivity contribution in [1.29, 1.82) is 0 Å². The van der Waals surface area contributed by atoms with Gasteiger partial charge in [0, 0.05) is 17.4 Å². The van der Waals surface area contributed by atoms with Crippen molar-refractivity contribution >= 4 is 11.9 Å². The van der Waals surface area contributed by atoms with Crippen molar-refractivity contribution in [3.8, 4) is 0 Å². The van der Waals surface area contributed by atoms with E-state index in [2.05, 4.69) is 9.30 Å². The number of aromatic nitrogens is 1. The molecule has 2 aromatic rings. The van der Waals surface area contributed by atoms with Crippen LogP contribution in [0.3, 0.4) is 0 Å². The van der Waals surface area contributed by atoms with Crippen LogP contribution in [-0.2, 0) is 16.1 Å². The monoisotopic (exact) mass is 317 g/mol. The number of nitrogens with zero attached hydrogens (tertiary/aromatic N) is 1. The van der Waals surface area contributed by atoms with Crippen LogP contribution in [0, 0.1) is 13.8 Å². The third-order valence-electron chi connectivity index (χ3n) is 4.10. The Morgan fingerprint density at radius 3 is 2.65 bits per heavy atom. The zero-order chi connectivity index (χ0) is 16.6. The number of rotatable bonds is 5. The van der Waals surface area contributed by atoms with Crippen LogP contribution >= 0.6 is 0 Å². The maximum atomic E-state index is 12.3. The minimum atomic E-state index is -0.517. The highest BCUT2D eigenvalue weighted by molar-refractivity contribution is 5.92. The lowest BCUT2D eigenvalue weighted by Crippen LogP contribution is -2.09. The molecule has 23 heavy (non-hydrogen) atoms. The fourth-order valence-electron chi connectivity index (χ4n) is 2.83. The van der Waals surface area contributed by atoms with Gasteiger partial charge in [0.1, 0.15) is 5.56 Å². The molecule has 0 unspecified atom stereocenters. The Bertz CT molecular complexity index is 751. The van der Waals surface area contributed by atoms with E-state index in [4.69, 9.17) is 9.15 Å².